The van der Waals surface area contributed by atoms with E-state index >= 15 is 0 Å². The molecule has 0 saturated carbocycles. The van der Waals surface area contributed by atoms with Gasteiger partial charge in [-0.1, -0.05) is 72.8 Å². The Balaban J connectivity index is 1.27. The van der Waals surface area contributed by atoms with Gasteiger partial charge in [0.2, 0.25) is 0 Å². The van der Waals surface area contributed by atoms with Gasteiger partial charge in [-0.2, -0.15) is 4.98 Å². The summed E-state index contributed by atoms with van der Waals surface area (Å²) in [4.78, 5) is 30.6. The molecule has 2 fully saturated rings. The van der Waals surface area contributed by atoms with E-state index in [1.165, 1.54) is 4.57 Å². The molecule has 2 aliphatic rings. The molecule has 1 aromatic heterocycles. The van der Waals surface area contributed by atoms with Crippen LogP contribution in [-0.2, 0) is 28.9 Å². The number of aryl methyl sites for hydroxylation is 1. The number of carbonyl (C=O) groups excluding carboxylic acids is 1. The second kappa shape index (κ2) is 15.2. The summed E-state index contributed by atoms with van der Waals surface area (Å²) in [5.41, 5.74) is 0.0760. The average Bonchev–Trinajstić information content (AvgIpc) is 3.68. The van der Waals surface area contributed by atoms with Crippen LogP contribution in [0, 0.1) is 6.92 Å². The molecule has 2 aliphatic heterocycles. The predicted molar refractivity (Wildman–Crippen MR) is 200 cm³/mol. The Labute approximate surface area is 312 Å². The fourth-order valence-electron chi connectivity index (χ4n) is 6.92. The van der Waals surface area contributed by atoms with Gasteiger partial charge in [0.05, 0.1) is 27.4 Å². The van der Waals surface area contributed by atoms with Crippen molar-refractivity contribution in [3.8, 4) is 11.5 Å². The second-order valence-corrected chi connectivity index (χ2v) is 14.4. The number of carbonyl (C=O) groups is 1. The highest BCUT2D eigenvalue weighted by atomic mass is 32.7. The molecule has 2 bridgehead atoms. The molecular weight excluding hydrogens is 717 g/mol. The van der Waals surface area contributed by atoms with Crippen LogP contribution in [0.1, 0.15) is 38.8 Å². The molecule has 2 saturated heterocycles. The van der Waals surface area contributed by atoms with Crippen LogP contribution >= 0.6 is 19.5 Å². The normalized spacial score (nSPS) is 20.9. The molecular formula is C39H37N3O9PS+. The van der Waals surface area contributed by atoms with Crippen molar-refractivity contribution in [1.82, 2.24) is 9.55 Å². The maximum atomic E-state index is 13.6. The zero-order chi connectivity index (χ0) is 37.2. The fraction of sp³-hybridized carbons (Fsp3) is 0.256. The van der Waals surface area contributed by atoms with E-state index in [2.05, 4.69) is 22.5 Å². The Hall–Kier alpha value is -4.88. The molecule has 0 radical (unpaired) electrons. The summed E-state index contributed by atoms with van der Waals surface area (Å²) in [5.74, 6) is 1.05. The number of anilines is 1. The lowest BCUT2D eigenvalue weighted by Crippen LogP contribution is -2.49. The Morgan fingerprint density at radius 3 is 2.06 bits per heavy atom. The minimum Gasteiger partial charge on any atom is -0.497 e. The van der Waals surface area contributed by atoms with E-state index in [9.17, 15) is 14.2 Å². The summed E-state index contributed by atoms with van der Waals surface area (Å²) < 4.78 is 50.8. The van der Waals surface area contributed by atoms with E-state index in [1.54, 1.807) is 57.7 Å². The topological polar surface area (TPSA) is 136 Å². The average molecular weight is 755 g/mol. The minimum absolute atomic E-state index is 0.0122. The lowest BCUT2D eigenvalue weighted by Gasteiger charge is -2.39. The molecule has 3 heterocycles. The number of ether oxygens (including phenoxy) is 5. The number of thiol groups is 1. The molecule has 5 aromatic rings. The van der Waals surface area contributed by atoms with Gasteiger partial charge in [0.15, 0.2) is 17.9 Å². The molecule has 3 unspecified atom stereocenters. The predicted octanol–water partition coefficient (Wildman–Crippen LogP) is 6.47. The third-order valence-electron chi connectivity index (χ3n) is 9.56. The molecule has 5 atom stereocenters. The van der Waals surface area contributed by atoms with Crippen LogP contribution in [0.4, 0.5) is 5.82 Å². The van der Waals surface area contributed by atoms with Crippen molar-refractivity contribution in [3.63, 3.8) is 0 Å². The maximum Gasteiger partial charge on any atom is 0.582 e. The third kappa shape index (κ3) is 6.99. The van der Waals surface area contributed by atoms with E-state index in [1.807, 2.05) is 78.9 Å². The summed E-state index contributed by atoms with van der Waals surface area (Å²) in [5, 5.41) is 2.71. The number of nitrogens with zero attached hydrogens (tertiary/aromatic N) is 2. The van der Waals surface area contributed by atoms with Gasteiger partial charge in [0.25, 0.3) is 5.91 Å². The van der Waals surface area contributed by atoms with Crippen LogP contribution in [-0.4, -0.2) is 60.7 Å². The van der Waals surface area contributed by atoms with E-state index in [-0.39, 0.29) is 19.0 Å². The van der Waals surface area contributed by atoms with Gasteiger partial charge < -0.3 is 29.0 Å². The molecule has 7 rings (SSSR count). The van der Waals surface area contributed by atoms with Crippen LogP contribution in [0.25, 0.3) is 0 Å². The number of amides is 1. The molecule has 4 aromatic carbocycles. The van der Waals surface area contributed by atoms with Crippen LogP contribution in [0.5, 0.6) is 11.5 Å². The summed E-state index contributed by atoms with van der Waals surface area (Å²) >= 11 is 4.07. The van der Waals surface area contributed by atoms with Crippen molar-refractivity contribution in [3.05, 3.63) is 154 Å². The Morgan fingerprint density at radius 1 is 0.925 bits per heavy atom. The Bertz CT molecular complexity index is 2110. The SMILES string of the molecule is COc1ccc(C(OC[C@]23COC(C2O[P+](=O)S)[C@H](n2cc(C)c(NC(=O)c4ccccc4)nc2=O)O3)(c2ccccc2)c2ccc(OC)cc2)cc1. The first kappa shape index (κ1) is 36.5. The largest absolute Gasteiger partial charge is 0.582 e. The van der Waals surface area contributed by atoms with Crippen LogP contribution < -0.4 is 20.5 Å². The van der Waals surface area contributed by atoms with Crippen molar-refractivity contribution in [1.29, 1.82) is 0 Å². The van der Waals surface area contributed by atoms with Crippen molar-refractivity contribution in [2.45, 2.75) is 36.6 Å². The van der Waals surface area contributed by atoms with Gasteiger partial charge in [0.1, 0.15) is 41.3 Å². The number of hydrogen-bond acceptors (Lipinski definition) is 10. The zero-order valence-corrected chi connectivity index (χ0v) is 30.9. The maximum absolute atomic E-state index is 13.6. The van der Waals surface area contributed by atoms with Crippen LogP contribution in [0.15, 0.2) is 120 Å². The summed E-state index contributed by atoms with van der Waals surface area (Å²) in [7, 11) is 0.780. The van der Waals surface area contributed by atoms with Crippen LogP contribution in [0.2, 0.25) is 0 Å². The first-order chi connectivity index (χ1) is 25.7. The molecule has 14 heteroatoms. The van der Waals surface area contributed by atoms with E-state index in [0.717, 1.165) is 16.7 Å². The molecule has 53 heavy (non-hydrogen) atoms. The molecule has 0 spiro atoms. The molecule has 12 nitrogen and oxygen atoms in total. The summed E-state index contributed by atoms with van der Waals surface area (Å²) in [6.07, 6.45) is -1.31. The van der Waals surface area contributed by atoms with Crippen LogP contribution in [0.3, 0.4) is 0 Å². The zero-order valence-electron chi connectivity index (χ0n) is 29.1. The lowest BCUT2D eigenvalue weighted by atomic mass is 9.79. The van der Waals surface area contributed by atoms with Gasteiger partial charge in [-0.15, -0.1) is 4.52 Å². The van der Waals surface area contributed by atoms with Gasteiger partial charge in [0, 0.05) is 17.3 Å². The number of fused-ring (bicyclic) bond motifs is 2. The summed E-state index contributed by atoms with van der Waals surface area (Å²) in [6, 6.07) is 33.5. The smallest absolute Gasteiger partial charge is 0.497 e. The highest BCUT2D eigenvalue weighted by Gasteiger charge is 2.66. The highest BCUT2D eigenvalue weighted by molar-refractivity contribution is 8.39. The minimum atomic E-state index is -2.43. The number of nitrogens with one attached hydrogen (secondary N) is 1. The van der Waals surface area contributed by atoms with E-state index in [4.69, 9.17) is 28.2 Å². The number of hydrogen-bond donors (Lipinski definition) is 2. The van der Waals surface area contributed by atoms with Crippen molar-refractivity contribution in [2.75, 3.05) is 32.8 Å². The fourth-order valence-corrected chi connectivity index (χ4v) is 7.73. The van der Waals surface area contributed by atoms with Gasteiger partial charge in [-0.05, 0) is 64.6 Å². The first-order valence-electron chi connectivity index (χ1n) is 16.7. The van der Waals surface area contributed by atoms with Gasteiger partial charge >= 0.3 is 12.9 Å². The molecule has 1 amide bonds. The number of benzene rings is 4. The van der Waals surface area contributed by atoms with Gasteiger partial charge in [-0.25, -0.2) is 4.79 Å². The number of rotatable bonds is 13. The monoisotopic (exact) mass is 754 g/mol. The van der Waals surface area contributed by atoms with Crippen molar-refractivity contribution >= 4 is 31.2 Å². The van der Waals surface area contributed by atoms with Crippen molar-refractivity contribution < 1.29 is 37.6 Å². The second-order valence-electron chi connectivity index (χ2n) is 12.7. The third-order valence-corrected chi connectivity index (χ3v) is 10.3. The molecule has 0 aliphatic carbocycles. The Kier molecular flexibility index (Phi) is 10.5. The van der Waals surface area contributed by atoms with Gasteiger partial charge in [-0.3, -0.25) is 9.36 Å². The molecule has 272 valence electrons. The first-order valence-corrected chi connectivity index (χ1v) is 19.1. The Morgan fingerprint density at radius 2 is 1.49 bits per heavy atom. The van der Waals surface area contributed by atoms with E-state index < -0.39 is 48.5 Å². The summed E-state index contributed by atoms with van der Waals surface area (Å²) in [6.45, 7) is 1.60. The van der Waals surface area contributed by atoms with E-state index in [0.29, 0.717) is 22.6 Å². The standard InChI is InChI=1S/C39H36N3O9PS/c1-25-22-42(37(44)41-34(25)40-35(43)26-10-6-4-7-11-26)36-32-33(51-52(45)53)38(50-36,23-48-32)24-49-39(27-12-8-5-9-13-27,28-14-18-30(46-2)19-15-28)29-16-20-31(47-3)21-17-29/h4-22,32-33,36H,23-24H2,1-3H3,(H-,40,41,43,44,45,53)/p+1/t32?,33?,36-,38-/m1/s1. The molecule has 1 N–H and O–H groups in total. The quantitative estimate of drug-likeness (QED) is 0.0783. The number of aromatic nitrogens is 2. The lowest BCUT2D eigenvalue weighted by molar-refractivity contribution is -0.203. The number of methoxy groups -OCH3 is 2. The van der Waals surface area contributed by atoms with Crippen molar-refractivity contribution in [2.24, 2.45) is 0 Å². The highest BCUT2D eigenvalue weighted by Crippen LogP contribution is 2.52.